The van der Waals surface area contributed by atoms with Crippen LogP contribution in [0.15, 0.2) is 48.8 Å². The Balaban J connectivity index is 1.72. The van der Waals surface area contributed by atoms with Crippen molar-refractivity contribution in [3.05, 3.63) is 66.1 Å². The Bertz CT molecular complexity index is 777. The van der Waals surface area contributed by atoms with E-state index in [4.69, 9.17) is 0 Å². The molecule has 116 valence electrons. The molecule has 2 heterocycles. The van der Waals surface area contributed by atoms with Gasteiger partial charge in [0, 0.05) is 6.20 Å². The number of anilines is 3. The molecule has 3 aromatic rings. The van der Waals surface area contributed by atoms with Gasteiger partial charge in [-0.05, 0) is 24.3 Å². The first-order valence-electron chi connectivity index (χ1n) is 6.77. The molecule has 1 aromatic carbocycles. The lowest BCUT2D eigenvalue weighted by atomic mass is 10.3. The van der Waals surface area contributed by atoms with E-state index in [1.165, 1.54) is 12.3 Å². The molecule has 0 atom stereocenters. The Morgan fingerprint density at radius 2 is 1.83 bits per heavy atom. The summed E-state index contributed by atoms with van der Waals surface area (Å²) in [7, 11) is 0. The van der Waals surface area contributed by atoms with Crippen molar-refractivity contribution in [2.45, 2.75) is 6.54 Å². The van der Waals surface area contributed by atoms with Crippen molar-refractivity contribution in [3.63, 3.8) is 0 Å². The van der Waals surface area contributed by atoms with E-state index >= 15 is 0 Å². The third kappa shape index (κ3) is 3.73. The molecule has 0 saturated carbocycles. The fourth-order valence-corrected chi connectivity index (χ4v) is 1.85. The Kier molecular flexibility index (Phi) is 4.32. The fraction of sp³-hybridized carbons (Fsp3) is 0.0667. The largest absolute Gasteiger partial charge is 0.363 e. The topological polar surface area (TPSA) is 75.6 Å². The van der Waals surface area contributed by atoms with Crippen LogP contribution in [-0.2, 0) is 6.54 Å². The highest BCUT2D eigenvalue weighted by atomic mass is 19.1. The van der Waals surface area contributed by atoms with Crippen molar-refractivity contribution in [2.24, 2.45) is 0 Å². The van der Waals surface area contributed by atoms with Gasteiger partial charge < -0.3 is 10.6 Å². The van der Waals surface area contributed by atoms with E-state index < -0.39 is 11.6 Å². The number of pyridine rings is 1. The van der Waals surface area contributed by atoms with Gasteiger partial charge in [-0.15, -0.1) is 5.10 Å². The molecule has 0 aliphatic rings. The van der Waals surface area contributed by atoms with E-state index in [2.05, 4.69) is 30.8 Å². The Morgan fingerprint density at radius 1 is 1.00 bits per heavy atom. The van der Waals surface area contributed by atoms with Crippen molar-refractivity contribution in [1.29, 1.82) is 0 Å². The summed E-state index contributed by atoms with van der Waals surface area (Å²) in [4.78, 5) is 8.27. The minimum absolute atomic E-state index is 0.0139. The SMILES string of the molecule is Fc1cccc(F)c1Nc1nncc(NCc2ccccn2)n1. The third-order valence-electron chi connectivity index (χ3n) is 2.94. The van der Waals surface area contributed by atoms with Crippen molar-refractivity contribution < 1.29 is 8.78 Å². The summed E-state index contributed by atoms with van der Waals surface area (Å²) >= 11 is 0. The van der Waals surface area contributed by atoms with Crippen molar-refractivity contribution in [3.8, 4) is 0 Å². The molecule has 0 unspecified atom stereocenters. The van der Waals surface area contributed by atoms with Gasteiger partial charge in [0.2, 0.25) is 5.95 Å². The molecule has 8 heteroatoms. The predicted octanol–water partition coefficient (Wildman–Crippen LogP) is 2.90. The standard InChI is InChI=1S/C15H12F2N6/c16-11-5-3-6-12(17)14(11)22-15-21-13(9-20-23-15)19-8-10-4-1-2-7-18-10/h1-7,9H,8H2,(H2,19,21,22,23). The summed E-state index contributed by atoms with van der Waals surface area (Å²) < 4.78 is 27.2. The molecule has 0 bridgehead atoms. The summed E-state index contributed by atoms with van der Waals surface area (Å²) in [5, 5.41) is 13.0. The van der Waals surface area contributed by atoms with Crippen LogP contribution in [0.1, 0.15) is 5.69 Å². The highest BCUT2D eigenvalue weighted by Crippen LogP contribution is 2.21. The van der Waals surface area contributed by atoms with Crippen LogP contribution >= 0.6 is 0 Å². The van der Waals surface area contributed by atoms with E-state index in [-0.39, 0.29) is 11.6 Å². The van der Waals surface area contributed by atoms with E-state index in [0.29, 0.717) is 12.4 Å². The van der Waals surface area contributed by atoms with Gasteiger partial charge in [0.15, 0.2) is 5.82 Å². The Hall–Kier alpha value is -3.16. The molecular weight excluding hydrogens is 302 g/mol. The molecular formula is C15H12F2N6. The lowest BCUT2D eigenvalue weighted by molar-refractivity contribution is 0.590. The summed E-state index contributed by atoms with van der Waals surface area (Å²) in [6.45, 7) is 0.438. The zero-order chi connectivity index (χ0) is 16.1. The molecule has 0 radical (unpaired) electrons. The van der Waals surface area contributed by atoms with Gasteiger partial charge in [0.05, 0.1) is 18.4 Å². The van der Waals surface area contributed by atoms with Gasteiger partial charge in [0.25, 0.3) is 0 Å². The number of para-hydroxylation sites is 1. The smallest absolute Gasteiger partial charge is 0.249 e. The minimum atomic E-state index is -0.736. The Labute approximate surface area is 130 Å². The number of aromatic nitrogens is 4. The summed E-state index contributed by atoms with van der Waals surface area (Å²) in [5.74, 6) is -1.08. The number of rotatable bonds is 5. The van der Waals surface area contributed by atoms with Crippen LogP contribution in [0.2, 0.25) is 0 Å². The van der Waals surface area contributed by atoms with Crippen LogP contribution < -0.4 is 10.6 Å². The molecule has 0 amide bonds. The first kappa shape index (κ1) is 14.8. The van der Waals surface area contributed by atoms with Gasteiger partial charge >= 0.3 is 0 Å². The lowest BCUT2D eigenvalue weighted by Gasteiger charge is -2.08. The fourth-order valence-electron chi connectivity index (χ4n) is 1.85. The molecule has 2 aromatic heterocycles. The molecule has 0 aliphatic carbocycles. The van der Waals surface area contributed by atoms with Gasteiger partial charge in [0.1, 0.15) is 17.3 Å². The minimum Gasteiger partial charge on any atom is -0.363 e. The van der Waals surface area contributed by atoms with Crippen LogP contribution in [-0.4, -0.2) is 20.2 Å². The quantitative estimate of drug-likeness (QED) is 0.754. The maximum atomic E-state index is 13.6. The highest BCUT2D eigenvalue weighted by molar-refractivity contribution is 5.55. The van der Waals surface area contributed by atoms with Gasteiger partial charge in [-0.1, -0.05) is 12.1 Å². The second-order valence-electron chi connectivity index (χ2n) is 4.56. The number of nitrogens with one attached hydrogen (secondary N) is 2. The van der Waals surface area contributed by atoms with E-state index in [0.717, 1.165) is 17.8 Å². The predicted molar refractivity (Wildman–Crippen MR) is 81.0 cm³/mol. The molecule has 0 aliphatic heterocycles. The molecule has 6 nitrogen and oxygen atoms in total. The molecule has 3 rings (SSSR count). The molecule has 0 spiro atoms. The number of nitrogens with zero attached hydrogens (tertiary/aromatic N) is 4. The van der Waals surface area contributed by atoms with Crippen LogP contribution in [0.4, 0.5) is 26.2 Å². The van der Waals surface area contributed by atoms with Gasteiger partial charge in [-0.25, -0.2) is 8.78 Å². The highest BCUT2D eigenvalue weighted by Gasteiger charge is 2.10. The monoisotopic (exact) mass is 314 g/mol. The first-order chi connectivity index (χ1) is 11.2. The zero-order valence-corrected chi connectivity index (χ0v) is 11.9. The summed E-state index contributed by atoms with van der Waals surface area (Å²) in [5.41, 5.74) is 0.497. The second-order valence-corrected chi connectivity index (χ2v) is 4.56. The van der Waals surface area contributed by atoms with Gasteiger partial charge in [-0.3, -0.25) is 4.98 Å². The van der Waals surface area contributed by atoms with Crippen LogP contribution in [0.5, 0.6) is 0 Å². The van der Waals surface area contributed by atoms with Crippen LogP contribution in [0, 0.1) is 11.6 Å². The average molecular weight is 314 g/mol. The summed E-state index contributed by atoms with van der Waals surface area (Å²) in [6, 6.07) is 9.11. The maximum absolute atomic E-state index is 13.6. The third-order valence-corrected chi connectivity index (χ3v) is 2.94. The average Bonchev–Trinajstić information content (AvgIpc) is 2.58. The second kappa shape index (κ2) is 6.73. The number of hydrogen-bond acceptors (Lipinski definition) is 6. The zero-order valence-electron chi connectivity index (χ0n) is 11.9. The first-order valence-corrected chi connectivity index (χ1v) is 6.77. The number of halogens is 2. The van der Waals surface area contributed by atoms with E-state index in [1.807, 2.05) is 18.2 Å². The summed E-state index contributed by atoms with van der Waals surface area (Å²) in [6.07, 6.45) is 3.09. The molecule has 0 fully saturated rings. The van der Waals surface area contributed by atoms with Crippen LogP contribution in [0.3, 0.4) is 0 Å². The maximum Gasteiger partial charge on any atom is 0.249 e. The van der Waals surface area contributed by atoms with E-state index in [9.17, 15) is 8.78 Å². The lowest BCUT2D eigenvalue weighted by Crippen LogP contribution is -2.07. The number of benzene rings is 1. The molecule has 0 saturated heterocycles. The van der Waals surface area contributed by atoms with Crippen molar-refractivity contribution in [2.75, 3.05) is 10.6 Å². The molecule has 2 N–H and O–H groups in total. The number of hydrogen-bond donors (Lipinski definition) is 2. The van der Waals surface area contributed by atoms with Crippen molar-refractivity contribution >= 4 is 17.5 Å². The normalized spacial score (nSPS) is 10.3. The van der Waals surface area contributed by atoms with Crippen molar-refractivity contribution in [1.82, 2.24) is 20.2 Å². The Morgan fingerprint density at radius 3 is 2.57 bits per heavy atom. The van der Waals surface area contributed by atoms with Crippen LogP contribution in [0.25, 0.3) is 0 Å². The molecule has 23 heavy (non-hydrogen) atoms. The van der Waals surface area contributed by atoms with E-state index in [1.54, 1.807) is 6.20 Å². The van der Waals surface area contributed by atoms with Gasteiger partial charge in [-0.2, -0.15) is 10.1 Å².